The van der Waals surface area contributed by atoms with E-state index < -0.39 is 0 Å². The minimum Gasteiger partial charge on any atom is -0.481 e. The zero-order valence-electron chi connectivity index (χ0n) is 12.8. The third-order valence-electron chi connectivity index (χ3n) is 3.54. The molecule has 4 heteroatoms. The number of ether oxygens (including phenoxy) is 1. The summed E-state index contributed by atoms with van der Waals surface area (Å²) in [6, 6.07) is 15.8. The summed E-state index contributed by atoms with van der Waals surface area (Å²) in [5.41, 5.74) is 2.35. The number of nitrogens with zero attached hydrogens (tertiary/aromatic N) is 1. The number of benzene rings is 2. The third kappa shape index (κ3) is 3.25. The number of halogens is 1. The number of nitrogens with one attached hydrogen (secondary N) is 1. The largest absolute Gasteiger partial charge is 0.481 e. The molecule has 0 unspecified atom stereocenters. The number of imidazole rings is 1. The Balaban J connectivity index is 1.87. The number of aromatic nitrogens is 2. The standard InChI is InChI=1S/C18H19ClN2O/c1-13(2)11-21-17-6-4-3-5-16(17)20-18(21)12-22-15-9-7-14(19)8-10-15/h3-10,13H,11-12H2,1-2H3/p+1. The number of fused-ring (bicyclic) bond motifs is 1. The average Bonchev–Trinajstić information content (AvgIpc) is 2.84. The highest BCUT2D eigenvalue weighted by molar-refractivity contribution is 6.30. The summed E-state index contributed by atoms with van der Waals surface area (Å²) in [4.78, 5) is 3.46. The molecule has 0 spiro atoms. The molecule has 3 rings (SSSR count). The van der Waals surface area contributed by atoms with Crippen molar-refractivity contribution in [1.82, 2.24) is 4.98 Å². The summed E-state index contributed by atoms with van der Waals surface area (Å²) in [6.45, 7) is 5.91. The number of hydrogen-bond acceptors (Lipinski definition) is 1. The monoisotopic (exact) mass is 315 g/mol. The second-order valence-corrected chi connectivity index (χ2v) is 6.27. The molecule has 2 aromatic carbocycles. The van der Waals surface area contributed by atoms with Crippen LogP contribution in [0.5, 0.6) is 5.75 Å². The fraction of sp³-hybridized carbons (Fsp3) is 0.278. The van der Waals surface area contributed by atoms with E-state index in [-0.39, 0.29) is 0 Å². The Bertz CT molecular complexity index is 762. The molecule has 0 radical (unpaired) electrons. The van der Waals surface area contributed by atoms with Crippen LogP contribution in [0.15, 0.2) is 48.5 Å². The molecule has 1 N–H and O–H groups in total. The van der Waals surface area contributed by atoms with Gasteiger partial charge >= 0.3 is 0 Å². The molecule has 3 nitrogen and oxygen atoms in total. The third-order valence-corrected chi connectivity index (χ3v) is 3.79. The number of para-hydroxylation sites is 2. The maximum Gasteiger partial charge on any atom is 0.293 e. The van der Waals surface area contributed by atoms with Crippen molar-refractivity contribution in [2.24, 2.45) is 5.92 Å². The molecule has 0 atom stereocenters. The molecule has 114 valence electrons. The first kappa shape index (κ1) is 14.9. The van der Waals surface area contributed by atoms with Gasteiger partial charge < -0.3 is 4.74 Å². The van der Waals surface area contributed by atoms with Crippen LogP contribution in [0, 0.1) is 5.92 Å². The number of H-pyrrole nitrogens is 1. The lowest BCUT2D eigenvalue weighted by molar-refractivity contribution is -0.685. The zero-order valence-corrected chi connectivity index (χ0v) is 13.6. The molecular weight excluding hydrogens is 296 g/mol. The lowest BCUT2D eigenvalue weighted by atomic mass is 10.2. The fourth-order valence-electron chi connectivity index (χ4n) is 2.55. The number of rotatable bonds is 5. The van der Waals surface area contributed by atoms with Crippen LogP contribution in [0.2, 0.25) is 5.02 Å². The van der Waals surface area contributed by atoms with Gasteiger partial charge in [0.2, 0.25) is 0 Å². The van der Waals surface area contributed by atoms with E-state index in [9.17, 15) is 0 Å². The molecule has 0 aliphatic heterocycles. The van der Waals surface area contributed by atoms with Crippen molar-refractivity contribution in [2.75, 3.05) is 0 Å². The fourth-order valence-corrected chi connectivity index (χ4v) is 2.68. The van der Waals surface area contributed by atoms with Crippen LogP contribution in [0.1, 0.15) is 19.7 Å². The maximum absolute atomic E-state index is 5.90. The zero-order chi connectivity index (χ0) is 15.5. The SMILES string of the molecule is CC(C)C[n+]1c(COc2ccc(Cl)cc2)[nH]c2ccccc21. The topological polar surface area (TPSA) is 28.9 Å². The van der Waals surface area contributed by atoms with E-state index >= 15 is 0 Å². The van der Waals surface area contributed by atoms with Crippen molar-refractivity contribution in [2.45, 2.75) is 27.0 Å². The van der Waals surface area contributed by atoms with Gasteiger partial charge in [-0.3, -0.25) is 0 Å². The predicted octanol–water partition coefficient (Wildman–Crippen LogP) is 4.34. The smallest absolute Gasteiger partial charge is 0.293 e. The Labute approximate surface area is 135 Å². The van der Waals surface area contributed by atoms with E-state index in [1.807, 2.05) is 30.3 Å². The first-order valence-corrected chi connectivity index (χ1v) is 7.89. The van der Waals surface area contributed by atoms with Crippen LogP contribution in [-0.4, -0.2) is 4.98 Å². The number of aromatic amines is 1. The molecule has 0 bridgehead atoms. The van der Waals surface area contributed by atoms with Gasteiger partial charge in [-0.1, -0.05) is 37.6 Å². The Morgan fingerprint density at radius 3 is 2.55 bits per heavy atom. The van der Waals surface area contributed by atoms with Crippen molar-refractivity contribution in [3.05, 3.63) is 59.4 Å². The van der Waals surface area contributed by atoms with Crippen LogP contribution < -0.4 is 9.30 Å². The quantitative estimate of drug-likeness (QED) is 0.697. The van der Waals surface area contributed by atoms with Gasteiger partial charge in [0, 0.05) is 5.02 Å². The van der Waals surface area contributed by atoms with Crippen molar-refractivity contribution >= 4 is 22.6 Å². The Morgan fingerprint density at radius 1 is 1.09 bits per heavy atom. The highest BCUT2D eigenvalue weighted by Crippen LogP contribution is 2.17. The van der Waals surface area contributed by atoms with Gasteiger partial charge in [-0.25, -0.2) is 9.55 Å². The average molecular weight is 316 g/mol. The van der Waals surface area contributed by atoms with E-state index in [2.05, 4.69) is 41.6 Å². The summed E-state index contributed by atoms with van der Waals surface area (Å²) in [6.07, 6.45) is 0. The van der Waals surface area contributed by atoms with E-state index in [0.717, 1.165) is 23.6 Å². The maximum atomic E-state index is 5.90. The van der Waals surface area contributed by atoms with Gasteiger partial charge in [-0.15, -0.1) is 0 Å². The minimum absolute atomic E-state index is 0.503. The van der Waals surface area contributed by atoms with Crippen LogP contribution in [0.25, 0.3) is 11.0 Å². The first-order chi connectivity index (χ1) is 10.6. The molecule has 0 fully saturated rings. The molecule has 0 aliphatic carbocycles. The molecular formula is C18H20ClN2O+. The summed E-state index contributed by atoms with van der Waals surface area (Å²) in [5.74, 6) is 2.46. The van der Waals surface area contributed by atoms with Gasteiger partial charge in [0.05, 0.1) is 6.54 Å². The molecule has 1 aromatic heterocycles. The van der Waals surface area contributed by atoms with E-state index in [0.29, 0.717) is 17.5 Å². The Morgan fingerprint density at radius 2 is 1.82 bits per heavy atom. The summed E-state index contributed by atoms with van der Waals surface area (Å²) >= 11 is 5.90. The lowest BCUT2D eigenvalue weighted by Crippen LogP contribution is -2.40. The molecule has 0 amide bonds. The van der Waals surface area contributed by atoms with Crippen molar-refractivity contribution < 1.29 is 9.30 Å². The molecule has 0 saturated carbocycles. The van der Waals surface area contributed by atoms with Gasteiger partial charge in [0.25, 0.3) is 5.82 Å². The molecule has 3 aromatic rings. The second kappa shape index (κ2) is 6.41. The van der Waals surface area contributed by atoms with Crippen LogP contribution in [0.3, 0.4) is 0 Å². The summed E-state index contributed by atoms with van der Waals surface area (Å²) in [5, 5.41) is 0.716. The van der Waals surface area contributed by atoms with Gasteiger partial charge in [0.1, 0.15) is 5.75 Å². The number of hydrogen-bond donors (Lipinski definition) is 1. The summed E-state index contributed by atoms with van der Waals surface area (Å²) in [7, 11) is 0. The second-order valence-electron chi connectivity index (χ2n) is 5.84. The van der Waals surface area contributed by atoms with E-state index in [1.165, 1.54) is 5.52 Å². The van der Waals surface area contributed by atoms with Gasteiger partial charge in [-0.2, -0.15) is 0 Å². The predicted molar refractivity (Wildman–Crippen MR) is 89.1 cm³/mol. The van der Waals surface area contributed by atoms with Crippen molar-refractivity contribution in [3.8, 4) is 5.75 Å². The highest BCUT2D eigenvalue weighted by Gasteiger charge is 2.19. The normalized spacial score (nSPS) is 11.3. The molecule has 0 aliphatic rings. The van der Waals surface area contributed by atoms with Gasteiger partial charge in [-0.05, 0) is 42.3 Å². The van der Waals surface area contributed by atoms with Crippen LogP contribution in [0.4, 0.5) is 0 Å². The molecule has 0 saturated heterocycles. The molecule has 1 heterocycles. The van der Waals surface area contributed by atoms with Crippen LogP contribution >= 0.6 is 11.6 Å². The summed E-state index contributed by atoms with van der Waals surface area (Å²) < 4.78 is 8.19. The van der Waals surface area contributed by atoms with Crippen LogP contribution in [-0.2, 0) is 13.2 Å². The lowest BCUT2D eigenvalue weighted by Gasteiger charge is -2.07. The highest BCUT2D eigenvalue weighted by atomic mass is 35.5. The minimum atomic E-state index is 0.503. The van der Waals surface area contributed by atoms with E-state index in [1.54, 1.807) is 0 Å². The Hall–Kier alpha value is -2.00. The Kier molecular flexibility index (Phi) is 4.34. The first-order valence-electron chi connectivity index (χ1n) is 7.51. The van der Waals surface area contributed by atoms with E-state index in [4.69, 9.17) is 16.3 Å². The molecule has 22 heavy (non-hydrogen) atoms. The van der Waals surface area contributed by atoms with Crippen molar-refractivity contribution in [3.63, 3.8) is 0 Å². The van der Waals surface area contributed by atoms with Crippen molar-refractivity contribution in [1.29, 1.82) is 0 Å². The van der Waals surface area contributed by atoms with Gasteiger partial charge in [0.15, 0.2) is 17.6 Å².